The molecule has 82 valence electrons. The van der Waals surface area contributed by atoms with E-state index in [0.717, 1.165) is 6.54 Å². The summed E-state index contributed by atoms with van der Waals surface area (Å²) in [5.74, 6) is 0.679. The zero-order valence-electron chi connectivity index (χ0n) is 9.80. The first-order valence-corrected chi connectivity index (χ1v) is 5.78. The smallest absolute Gasteiger partial charge is 0.0605 e. The fraction of sp³-hybridized carbons (Fsp3) is 0.538. The Bertz CT molecular complexity index is 344. The quantitative estimate of drug-likeness (QED) is 0.733. The maximum atomic E-state index is 3.64. The van der Waals surface area contributed by atoms with Crippen LogP contribution in [0.1, 0.15) is 25.8 Å². The molecule has 0 saturated carbocycles. The third-order valence-corrected chi connectivity index (χ3v) is 3.18. The third-order valence-electron chi connectivity index (χ3n) is 3.18. The highest BCUT2D eigenvalue weighted by Crippen LogP contribution is 2.30. The van der Waals surface area contributed by atoms with Gasteiger partial charge in [-0.15, -0.1) is 0 Å². The molecule has 1 heterocycles. The lowest BCUT2D eigenvalue weighted by Crippen LogP contribution is -2.25. The number of rotatable bonds is 1. The Labute approximate surface area is 92.1 Å². The molecule has 1 aromatic rings. The van der Waals surface area contributed by atoms with E-state index in [1.165, 1.54) is 23.4 Å². The van der Waals surface area contributed by atoms with Crippen molar-refractivity contribution in [1.29, 1.82) is 0 Å². The Morgan fingerprint density at radius 2 is 2.13 bits per heavy atom. The maximum absolute atomic E-state index is 3.64. The van der Waals surface area contributed by atoms with Gasteiger partial charge in [-0.05, 0) is 30.9 Å². The SMILES string of the molecule is Cc1cccc2c1NCCC(C(C)C)N2. The van der Waals surface area contributed by atoms with Crippen LogP contribution in [0.25, 0.3) is 0 Å². The lowest BCUT2D eigenvalue weighted by molar-refractivity contribution is 0.507. The number of para-hydroxylation sites is 1. The van der Waals surface area contributed by atoms with Gasteiger partial charge < -0.3 is 10.6 Å². The summed E-state index contributed by atoms with van der Waals surface area (Å²) in [6, 6.07) is 7.02. The third kappa shape index (κ3) is 2.09. The van der Waals surface area contributed by atoms with Crippen molar-refractivity contribution in [2.75, 3.05) is 17.2 Å². The van der Waals surface area contributed by atoms with Crippen LogP contribution in [0, 0.1) is 12.8 Å². The molecule has 1 unspecified atom stereocenters. The van der Waals surface area contributed by atoms with Gasteiger partial charge in [0.05, 0.1) is 11.4 Å². The molecule has 0 spiro atoms. The van der Waals surface area contributed by atoms with Crippen molar-refractivity contribution in [3.05, 3.63) is 23.8 Å². The fourth-order valence-electron chi connectivity index (χ4n) is 2.15. The van der Waals surface area contributed by atoms with E-state index >= 15 is 0 Å². The number of hydrogen-bond acceptors (Lipinski definition) is 2. The molecule has 2 heteroatoms. The van der Waals surface area contributed by atoms with E-state index in [4.69, 9.17) is 0 Å². The zero-order valence-corrected chi connectivity index (χ0v) is 9.80. The Balaban J connectivity index is 2.30. The van der Waals surface area contributed by atoms with E-state index < -0.39 is 0 Å². The highest BCUT2D eigenvalue weighted by Gasteiger charge is 2.18. The van der Waals surface area contributed by atoms with Crippen molar-refractivity contribution in [2.45, 2.75) is 33.2 Å². The summed E-state index contributed by atoms with van der Waals surface area (Å²) in [7, 11) is 0. The fourth-order valence-corrected chi connectivity index (χ4v) is 2.15. The average molecular weight is 204 g/mol. The van der Waals surface area contributed by atoms with Crippen LogP contribution >= 0.6 is 0 Å². The summed E-state index contributed by atoms with van der Waals surface area (Å²) in [4.78, 5) is 0. The van der Waals surface area contributed by atoms with Gasteiger partial charge in [-0.2, -0.15) is 0 Å². The van der Waals surface area contributed by atoms with Crippen molar-refractivity contribution in [3.63, 3.8) is 0 Å². The van der Waals surface area contributed by atoms with Gasteiger partial charge in [0.1, 0.15) is 0 Å². The number of aryl methyl sites for hydroxylation is 1. The van der Waals surface area contributed by atoms with Crippen molar-refractivity contribution in [3.8, 4) is 0 Å². The summed E-state index contributed by atoms with van der Waals surface area (Å²) >= 11 is 0. The highest BCUT2D eigenvalue weighted by atomic mass is 15.0. The first kappa shape index (κ1) is 10.3. The predicted molar refractivity (Wildman–Crippen MR) is 66.5 cm³/mol. The molecule has 2 rings (SSSR count). The summed E-state index contributed by atoms with van der Waals surface area (Å²) in [5, 5.41) is 7.15. The minimum Gasteiger partial charge on any atom is -0.383 e. The van der Waals surface area contributed by atoms with Gasteiger partial charge in [-0.3, -0.25) is 0 Å². The molecule has 15 heavy (non-hydrogen) atoms. The minimum absolute atomic E-state index is 0.584. The van der Waals surface area contributed by atoms with E-state index in [9.17, 15) is 0 Å². The van der Waals surface area contributed by atoms with Crippen molar-refractivity contribution in [2.24, 2.45) is 5.92 Å². The Morgan fingerprint density at radius 1 is 1.33 bits per heavy atom. The van der Waals surface area contributed by atoms with Gasteiger partial charge in [0.15, 0.2) is 0 Å². The van der Waals surface area contributed by atoms with Gasteiger partial charge in [-0.1, -0.05) is 26.0 Å². The maximum Gasteiger partial charge on any atom is 0.0605 e. The molecular weight excluding hydrogens is 184 g/mol. The van der Waals surface area contributed by atoms with Gasteiger partial charge >= 0.3 is 0 Å². The van der Waals surface area contributed by atoms with E-state index in [1.807, 2.05) is 0 Å². The molecule has 0 radical (unpaired) electrons. The molecule has 1 aromatic carbocycles. The Morgan fingerprint density at radius 3 is 2.87 bits per heavy atom. The lowest BCUT2D eigenvalue weighted by Gasteiger charge is -2.21. The molecule has 0 aliphatic carbocycles. The van der Waals surface area contributed by atoms with Crippen LogP contribution in [-0.4, -0.2) is 12.6 Å². The number of benzene rings is 1. The molecule has 2 N–H and O–H groups in total. The first-order valence-electron chi connectivity index (χ1n) is 5.78. The number of fused-ring (bicyclic) bond motifs is 1. The number of hydrogen-bond donors (Lipinski definition) is 2. The van der Waals surface area contributed by atoms with Crippen LogP contribution in [0.15, 0.2) is 18.2 Å². The molecule has 1 atom stereocenters. The zero-order chi connectivity index (χ0) is 10.8. The molecule has 0 amide bonds. The summed E-state index contributed by atoms with van der Waals surface area (Å²) in [6.45, 7) is 7.77. The summed E-state index contributed by atoms with van der Waals surface area (Å²) < 4.78 is 0. The van der Waals surface area contributed by atoms with Crippen molar-refractivity contribution < 1.29 is 0 Å². The highest BCUT2D eigenvalue weighted by molar-refractivity contribution is 5.73. The molecule has 0 saturated heterocycles. The molecule has 0 fully saturated rings. The van der Waals surface area contributed by atoms with Crippen molar-refractivity contribution >= 4 is 11.4 Å². The largest absolute Gasteiger partial charge is 0.383 e. The average Bonchev–Trinajstić information content (AvgIpc) is 2.40. The summed E-state index contributed by atoms with van der Waals surface area (Å²) in [6.07, 6.45) is 1.19. The van der Waals surface area contributed by atoms with Gasteiger partial charge in [0.2, 0.25) is 0 Å². The normalized spacial score (nSPS) is 20.1. The van der Waals surface area contributed by atoms with Crippen LogP contribution in [0.5, 0.6) is 0 Å². The predicted octanol–water partition coefficient (Wildman–Crippen LogP) is 3.25. The summed E-state index contributed by atoms with van der Waals surface area (Å²) in [5.41, 5.74) is 3.86. The van der Waals surface area contributed by atoms with E-state index in [1.54, 1.807) is 0 Å². The molecule has 2 nitrogen and oxygen atoms in total. The monoisotopic (exact) mass is 204 g/mol. The van der Waals surface area contributed by atoms with E-state index in [-0.39, 0.29) is 0 Å². The molecule has 1 aliphatic rings. The molecule has 0 aromatic heterocycles. The van der Waals surface area contributed by atoms with Crippen molar-refractivity contribution in [1.82, 2.24) is 0 Å². The topological polar surface area (TPSA) is 24.1 Å². The standard InChI is InChI=1S/C13H20N2/c1-9(2)11-7-8-14-13-10(3)5-4-6-12(13)15-11/h4-6,9,11,14-15H,7-8H2,1-3H3. The second-order valence-electron chi connectivity index (χ2n) is 4.71. The van der Waals surface area contributed by atoms with Crippen LogP contribution in [-0.2, 0) is 0 Å². The Hall–Kier alpha value is -1.18. The van der Waals surface area contributed by atoms with Gasteiger partial charge in [-0.25, -0.2) is 0 Å². The number of anilines is 2. The lowest BCUT2D eigenvalue weighted by atomic mass is 10.0. The van der Waals surface area contributed by atoms with Crippen LogP contribution in [0.2, 0.25) is 0 Å². The van der Waals surface area contributed by atoms with Crippen LogP contribution in [0.4, 0.5) is 11.4 Å². The number of nitrogens with one attached hydrogen (secondary N) is 2. The van der Waals surface area contributed by atoms with Gasteiger partial charge in [0.25, 0.3) is 0 Å². The first-order chi connectivity index (χ1) is 7.18. The van der Waals surface area contributed by atoms with E-state index in [2.05, 4.69) is 49.6 Å². The molecule has 0 bridgehead atoms. The Kier molecular flexibility index (Phi) is 2.85. The second-order valence-corrected chi connectivity index (χ2v) is 4.71. The molecule has 1 aliphatic heterocycles. The van der Waals surface area contributed by atoms with E-state index in [0.29, 0.717) is 12.0 Å². The minimum atomic E-state index is 0.584. The molecular formula is C13H20N2. The van der Waals surface area contributed by atoms with Crippen LogP contribution < -0.4 is 10.6 Å². The second kappa shape index (κ2) is 4.13. The van der Waals surface area contributed by atoms with Gasteiger partial charge in [0, 0.05) is 12.6 Å². The van der Waals surface area contributed by atoms with Crippen LogP contribution in [0.3, 0.4) is 0 Å².